The number of benzene rings is 2. The third kappa shape index (κ3) is 2.30. The highest BCUT2D eigenvalue weighted by molar-refractivity contribution is 6.20. The van der Waals surface area contributed by atoms with Crippen LogP contribution in [0, 0.1) is 10.1 Å². The van der Waals surface area contributed by atoms with E-state index in [0.29, 0.717) is 22.8 Å². The molecule has 1 N–H and O–H groups in total. The lowest BCUT2D eigenvalue weighted by atomic mass is 9.99. The van der Waals surface area contributed by atoms with Crippen molar-refractivity contribution >= 4 is 28.6 Å². The molecule has 6 nitrogen and oxygen atoms in total. The maximum Gasteiger partial charge on any atom is 0.278 e. The van der Waals surface area contributed by atoms with E-state index in [1.165, 1.54) is 6.07 Å². The van der Waals surface area contributed by atoms with Gasteiger partial charge in [0.1, 0.15) is 5.69 Å². The molecule has 2 heterocycles. The van der Waals surface area contributed by atoms with E-state index in [2.05, 4.69) is 15.3 Å². The van der Waals surface area contributed by atoms with Crippen LogP contribution in [0.3, 0.4) is 0 Å². The molecule has 116 valence electrons. The average Bonchev–Trinajstić information content (AvgIpc) is 2.78. The molecule has 1 aliphatic rings. The molecule has 3 aromatic rings. The van der Waals surface area contributed by atoms with Crippen LogP contribution < -0.4 is 5.32 Å². The standard InChI is InChI=1S/C18H12N4O2/c23-22(24)16-10-4-2-7-13(16)17-12-6-1-3-8-14(12)21-18-15(20-17)9-5-11-19-18/h1-11H,(H,19,21). The molecular formula is C18H12N4O2. The van der Waals surface area contributed by atoms with E-state index in [0.717, 1.165) is 11.3 Å². The number of anilines is 2. The van der Waals surface area contributed by atoms with Crippen LogP contribution in [0.15, 0.2) is 71.9 Å². The Morgan fingerprint density at radius 1 is 0.917 bits per heavy atom. The molecule has 4 rings (SSSR count). The van der Waals surface area contributed by atoms with E-state index in [-0.39, 0.29) is 10.6 Å². The number of pyridine rings is 1. The summed E-state index contributed by atoms with van der Waals surface area (Å²) in [6.45, 7) is 0. The number of hydrogen-bond donors (Lipinski definition) is 1. The molecule has 0 atom stereocenters. The summed E-state index contributed by atoms with van der Waals surface area (Å²) < 4.78 is 0. The highest BCUT2D eigenvalue weighted by atomic mass is 16.6. The molecule has 1 aliphatic heterocycles. The van der Waals surface area contributed by atoms with Gasteiger partial charge in [0.15, 0.2) is 5.82 Å². The van der Waals surface area contributed by atoms with Gasteiger partial charge < -0.3 is 5.32 Å². The van der Waals surface area contributed by atoms with Gasteiger partial charge in [-0.25, -0.2) is 9.98 Å². The molecule has 2 aromatic carbocycles. The Balaban J connectivity index is 2.03. The molecule has 0 unspecified atom stereocenters. The number of nitrogens with zero attached hydrogens (tertiary/aromatic N) is 3. The van der Waals surface area contributed by atoms with Crippen LogP contribution in [0.25, 0.3) is 0 Å². The third-order valence-electron chi connectivity index (χ3n) is 3.81. The summed E-state index contributed by atoms with van der Waals surface area (Å²) in [5.41, 5.74) is 3.31. The topological polar surface area (TPSA) is 80.4 Å². The largest absolute Gasteiger partial charge is 0.338 e. The minimum absolute atomic E-state index is 0.0263. The van der Waals surface area contributed by atoms with Crippen LogP contribution in [-0.2, 0) is 0 Å². The van der Waals surface area contributed by atoms with Crippen molar-refractivity contribution in [3.63, 3.8) is 0 Å². The van der Waals surface area contributed by atoms with Crippen LogP contribution >= 0.6 is 0 Å². The zero-order valence-corrected chi connectivity index (χ0v) is 12.5. The monoisotopic (exact) mass is 316 g/mol. The van der Waals surface area contributed by atoms with E-state index in [4.69, 9.17) is 0 Å². The third-order valence-corrected chi connectivity index (χ3v) is 3.81. The lowest BCUT2D eigenvalue weighted by molar-refractivity contribution is -0.385. The first-order valence-electron chi connectivity index (χ1n) is 7.38. The molecule has 0 saturated heterocycles. The van der Waals surface area contributed by atoms with Gasteiger partial charge >= 0.3 is 0 Å². The van der Waals surface area contributed by atoms with Crippen molar-refractivity contribution in [3.8, 4) is 0 Å². The van der Waals surface area contributed by atoms with Gasteiger partial charge in [0.2, 0.25) is 0 Å². The van der Waals surface area contributed by atoms with Crippen molar-refractivity contribution in [2.24, 2.45) is 4.99 Å². The summed E-state index contributed by atoms with van der Waals surface area (Å²) in [6.07, 6.45) is 1.68. The first kappa shape index (κ1) is 14.1. The second-order valence-corrected chi connectivity index (χ2v) is 5.28. The lowest BCUT2D eigenvalue weighted by Gasteiger charge is -2.10. The number of aromatic nitrogens is 1. The van der Waals surface area contributed by atoms with E-state index >= 15 is 0 Å². The number of para-hydroxylation sites is 2. The maximum atomic E-state index is 11.4. The Morgan fingerprint density at radius 2 is 1.67 bits per heavy atom. The second-order valence-electron chi connectivity index (χ2n) is 5.28. The molecular weight excluding hydrogens is 304 g/mol. The van der Waals surface area contributed by atoms with Gasteiger partial charge in [-0.1, -0.05) is 30.3 Å². The Bertz CT molecular complexity index is 982. The molecule has 0 spiro atoms. The number of nitro groups is 1. The van der Waals surface area contributed by atoms with E-state index in [1.54, 1.807) is 30.5 Å². The lowest BCUT2D eigenvalue weighted by Crippen LogP contribution is -2.07. The van der Waals surface area contributed by atoms with Crippen molar-refractivity contribution in [1.82, 2.24) is 4.98 Å². The van der Waals surface area contributed by atoms with Crippen molar-refractivity contribution in [1.29, 1.82) is 0 Å². The Kier molecular flexibility index (Phi) is 3.28. The fourth-order valence-corrected chi connectivity index (χ4v) is 2.73. The Labute approximate surface area is 137 Å². The fourth-order valence-electron chi connectivity index (χ4n) is 2.73. The van der Waals surface area contributed by atoms with Crippen LogP contribution in [0.5, 0.6) is 0 Å². The predicted molar refractivity (Wildman–Crippen MR) is 92.4 cm³/mol. The molecule has 0 fully saturated rings. The van der Waals surface area contributed by atoms with Gasteiger partial charge in [-0.3, -0.25) is 10.1 Å². The maximum absolute atomic E-state index is 11.4. The summed E-state index contributed by atoms with van der Waals surface area (Å²) in [5, 5.41) is 14.7. The number of hydrogen-bond acceptors (Lipinski definition) is 5. The van der Waals surface area contributed by atoms with Crippen LogP contribution in [-0.4, -0.2) is 15.6 Å². The number of aliphatic imine (C=N–C) groups is 1. The Morgan fingerprint density at radius 3 is 2.50 bits per heavy atom. The minimum Gasteiger partial charge on any atom is -0.338 e. The summed E-state index contributed by atoms with van der Waals surface area (Å²) in [5.74, 6) is 0.624. The van der Waals surface area contributed by atoms with E-state index in [1.807, 2.05) is 30.3 Å². The molecule has 0 saturated carbocycles. The average molecular weight is 316 g/mol. The molecule has 24 heavy (non-hydrogen) atoms. The molecule has 0 radical (unpaired) electrons. The fraction of sp³-hybridized carbons (Fsp3) is 0. The molecule has 6 heteroatoms. The smallest absolute Gasteiger partial charge is 0.278 e. The van der Waals surface area contributed by atoms with Gasteiger partial charge in [0, 0.05) is 23.5 Å². The van der Waals surface area contributed by atoms with Gasteiger partial charge in [-0.15, -0.1) is 0 Å². The van der Waals surface area contributed by atoms with Crippen molar-refractivity contribution < 1.29 is 4.92 Å². The highest BCUT2D eigenvalue weighted by Crippen LogP contribution is 2.35. The minimum atomic E-state index is -0.386. The zero-order valence-electron chi connectivity index (χ0n) is 12.5. The van der Waals surface area contributed by atoms with Gasteiger partial charge in [-0.2, -0.15) is 0 Å². The van der Waals surface area contributed by atoms with Gasteiger partial charge in [-0.05, 0) is 24.3 Å². The first-order chi connectivity index (χ1) is 11.7. The molecule has 0 aliphatic carbocycles. The van der Waals surface area contributed by atoms with E-state index in [9.17, 15) is 10.1 Å². The molecule has 0 amide bonds. The van der Waals surface area contributed by atoms with Crippen LogP contribution in [0.1, 0.15) is 11.1 Å². The van der Waals surface area contributed by atoms with Gasteiger partial charge in [0.05, 0.1) is 16.2 Å². The molecule has 0 bridgehead atoms. The summed E-state index contributed by atoms with van der Waals surface area (Å²) >= 11 is 0. The number of nitrogens with one attached hydrogen (secondary N) is 1. The number of nitro benzene ring substituents is 1. The van der Waals surface area contributed by atoms with Crippen molar-refractivity contribution in [2.45, 2.75) is 0 Å². The zero-order chi connectivity index (χ0) is 16.5. The highest BCUT2D eigenvalue weighted by Gasteiger charge is 2.23. The predicted octanol–water partition coefficient (Wildman–Crippen LogP) is 4.22. The number of rotatable bonds is 2. The second kappa shape index (κ2) is 5.58. The first-order valence-corrected chi connectivity index (χ1v) is 7.38. The molecule has 1 aromatic heterocycles. The van der Waals surface area contributed by atoms with Gasteiger partial charge in [0.25, 0.3) is 5.69 Å². The summed E-state index contributed by atoms with van der Waals surface area (Å²) in [4.78, 5) is 20.0. The van der Waals surface area contributed by atoms with Crippen molar-refractivity contribution in [3.05, 3.63) is 88.1 Å². The SMILES string of the molecule is O=[N+]([O-])c1ccccc1C1=Nc2cccnc2Nc2ccccc21. The Hall–Kier alpha value is -3.54. The normalized spacial score (nSPS) is 12.2. The quantitative estimate of drug-likeness (QED) is 0.443. The van der Waals surface area contributed by atoms with Crippen molar-refractivity contribution in [2.75, 3.05) is 5.32 Å². The summed E-state index contributed by atoms with van der Waals surface area (Å²) in [7, 11) is 0. The van der Waals surface area contributed by atoms with E-state index < -0.39 is 0 Å². The summed E-state index contributed by atoms with van der Waals surface area (Å²) in [6, 6.07) is 17.8. The van der Waals surface area contributed by atoms with Crippen LogP contribution in [0.4, 0.5) is 22.9 Å². The van der Waals surface area contributed by atoms with Crippen LogP contribution in [0.2, 0.25) is 0 Å². The number of fused-ring (bicyclic) bond motifs is 2.